The quantitative estimate of drug-likeness (QED) is 0.838. The van der Waals surface area contributed by atoms with Crippen molar-refractivity contribution in [3.63, 3.8) is 0 Å². The topological polar surface area (TPSA) is 58.4 Å². The highest BCUT2D eigenvalue weighted by atomic mass is 19.1. The maximum absolute atomic E-state index is 12.8. The van der Waals surface area contributed by atoms with Gasteiger partial charge in [0.25, 0.3) is 0 Å². The molecular weight excluding hydrogens is 321 g/mol. The van der Waals surface area contributed by atoms with Crippen LogP contribution in [0.1, 0.15) is 36.9 Å². The molecule has 1 saturated heterocycles. The van der Waals surface area contributed by atoms with E-state index < -0.39 is 0 Å². The number of nitrogens with one attached hydrogen (secondary N) is 1. The van der Waals surface area contributed by atoms with Crippen molar-refractivity contribution < 1.29 is 13.7 Å². The molecule has 2 heterocycles. The number of piperidine rings is 1. The van der Waals surface area contributed by atoms with E-state index in [1.165, 1.54) is 12.1 Å². The highest BCUT2D eigenvalue weighted by molar-refractivity contribution is 5.75. The third-order valence-electron chi connectivity index (χ3n) is 4.77. The van der Waals surface area contributed by atoms with E-state index in [9.17, 15) is 9.18 Å². The molecule has 1 amide bonds. The number of hydrogen-bond donors (Lipinski definition) is 1. The Balaban J connectivity index is 1.31. The van der Waals surface area contributed by atoms with Gasteiger partial charge < -0.3 is 9.84 Å². The first-order valence-corrected chi connectivity index (χ1v) is 8.82. The number of benzene rings is 1. The third-order valence-corrected chi connectivity index (χ3v) is 4.77. The minimum Gasteiger partial charge on any atom is -0.364 e. The smallest absolute Gasteiger partial charge is 0.220 e. The molecule has 1 aromatic heterocycles. The number of nitrogens with zero attached hydrogens (tertiary/aromatic N) is 2. The molecule has 134 valence electrons. The van der Waals surface area contributed by atoms with Crippen molar-refractivity contribution in [1.82, 2.24) is 15.4 Å². The van der Waals surface area contributed by atoms with Gasteiger partial charge in [-0.1, -0.05) is 17.3 Å². The van der Waals surface area contributed by atoms with Gasteiger partial charge in [-0.25, -0.2) is 4.39 Å². The zero-order chi connectivity index (χ0) is 17.5. The molecular formula is C19H24FN3O2. The zero-order valence-corrected chi connectivity index (χ0v) is 14.3. The summed E-state index contributed by atoms with van der Waals surface area (Å²) in [7, 11) is 0. The van der Waals surface area contributed by atoms with Crippen molar-refractivity contribution in [2.24, 2.45) is 5.92 Å². The van der Waals surface area contributed by atoms with Crippen molar-refractivity contribution in [3.05, 3.63) is 53.7 Å². The molecule has 5 nitrogen and oxygen atoms in total. The number of likely N-dealkylation sites (tertiary alicyclic amines) is 1. The van der Waals surface area contributed by atoms with Crippen LogP contribution in [0, 0.1) is 11.7 Å². The lowest BCUT2D eigenvalue weighted by Crippen LogP contribution is -2.33. The van der Waals surface area contributed by atoms with Crippen LogP contribution in [0.25, 0.3) is 0 Å². The van der Waals surface area contributed by atoms with Crippen LogP contribution in [0.3, 0.4) is 0 Å². The molecule has 6 heteroatoms. The van der Waals surface area contributed by atoms with Crippen LogP contribution in [0.15, 0.2) is 41.1 Å². The maximum atomic E-state index is 12.8. The standard InChI is InChI=1S/C19H24FN3O2/c20-17-4-1-16(2-5-17)13-21-19(24)6-3-15-7-10-23(11-8-15)14-18-9-12-25-22-18/h1-2,4-5,9,12,15H,3,6-8,10-11,13-14H2,(H,21,24). The summed E-state index contributed by atoms with van der Waals surface area (Å²) in [5.74, 6) is 0.407. The zero-order valence-electron chi connectivity index (χ0n) is 14.3. The average Bonchev–Trinajstić information content (AvgIpc) is 3.14. The Morgan fingerprint density at radius 3 is 2.68 bits per heavy atom. The number of aromatic nitrogens is 1. The first-order chi connectivity index (χ1) is 12.2. The lowest BCUT2D eigenvalue weighted by Gasteiger charge is -2.31. The van der Waals surface area contributed by atoms with Crippen LogP contribution >= 0.6 is 0 Å². The van der Waals surface area contributed by atoms with E-state index in [-0.39, 0.29) is 11.7 Å². The Morgan fingerprint density at radius 2 is 2.00 bits per heavy atom. The summed E-state index contributed by atoms with van der Waals surface area (Å²) >= 11 is 0. The Labute approximate surface area is 147 Å². The molecule has 0 aliphatic carbocycles. The Hall–Kier alpha value is -2.21. The van der Waals surface area contributed by atoms with E-state index in [2.05, 4.69) is 15.4 Å². The van der Waals surface area contributed by atoms with Gasteiger partial charge in [-0.2, -0.15) is 0 Å². The number of carbonyl (C=O) groups excluding carboxylic acids is 1. The SMILES string of the molecule is O=C(CCC1CCN(Cc2ccon2)CC1)NCc1ccc(F)cc1. The number of hydrogen-bond acceptors (Lipinski definition) is 4. The van der Waals surface area contributed by atoms with Crippen molar-refractivity contribution in [2.45, 2.75) is 38.8 Å². The van der Waals surface area contributed by atoms with Crippen LogP contribution in [0.4, 0.5) is 4.39 Å². The Kier molecular flexibility index (Phi) is 6.17. The van der Waals surface area contributed by atoms with Crippen molar-refractivity contribution >= 4 is 5.91 Å². The molecule has 1 aliphatic heterocycles. The summed E-state index contributed by atoms with van der Waals surface area (Å²) < 4.78 is 17.7. The molecule has 25 heavy (non-hydrogen) atoms. The summed E-state index contributed by atoms with van der Waals surface area (Å²) in [6.07, 6.45) is 5.31. The molecule has 1 fully saturated rings. The fourth-order valence-electron chi connectivity index (χ4n) is 3.21. The van der Waals surface area contributed by atoms with Crippen molar-refractivity contribution in [2.75, 3.05) is 13.1 Å². The second kappa shape index (κ2) is 8.76. The molecule has 0 spiro atoms. The number of rotatable bonds is 7. The molecule has 1 aromatic carbocycles. The molecule has 0 saturated carbocycles. The summed E-state index contributed by atoms with van der Waals surface area (Å²) in [6, 6.07) is 8.11. The lowest BCUT2D eigenvalue weighted by molar-refractivity contribution is -0.121. The van der Waals surface area contributed by atoms with E-state index >= 15 is 0 Å². The largest absolute Gasteiger partial charge is 0.364 e. The van der Waals surface area contributed by atoms with E-state index in [0.717, 1.165) is 50.2 Å². The van der Waals surface area contributed by atoms with Gasteiger partial charge in [0.05, 0.1) is 5.69 Å². The molecule has 3 rings (SSSR count). The van der Waals surface area contributed by atoms with Gasteiger partial charge >= 0.3 is 0 Å². The Morgan fingerprint density at radius 1 is 1.24 bits per heavy atom. The molecule has 1 N–H and O–H groups in total. The first-order valence-electron chi connectivity index (χ1n) is 8.82. The number of carbonyl (C=O) groups is 1. The molecule has 0 radical (unpaired) electrons. The second-order valence-electron chi connectivity index (χ2n) is 6.65. The summed E-state index contributed by atoms with van der Waals surface area (Å²) in [5, 5.41) is 6.85. The van der Waals surface area contributed by atoms with Gasteiger partial charge in [-0.3, -0.25) is 9.69 Å². The lowest BCUT2D eigenvalue weighted by atomic mass is 9.92. The van der Waals surface area contributed by atoms with E-state index in [1.807, 2.05) is 6.07 Å². The number of halogens is 1. The average molecular weight is 345 g/mol. The minimum absolute atomic E-state index is 0.0642. The molecule has 0 atom stereocenters. The normalized spacial score (nSPS) is 16.0. The molecule has 1 aliphatic rings. The highest BCUT2D eigenvalue weighted by Gasteiger charge is 2.20. The van der Waals surface area contributed by atoms with Crippen LogP contribution in [0.2, 0.25) is 0 Å². The van der Waals surface area contributed by atoms with Crippen LogP contribution in [-0.4, -0.2) is 29.1 Å². The third kappa shape index (κ3) is 5.67. The fraction of sp³-hybridized carbons (Fsp3) is 0.474. The molecule has 0 unspecified atom stereocenters. The van der Waals surface area contributed by atoms with Gasteiger partial charge in [-0.05, 0) is 56.0 Å². The van der Waals surface area contributed by atoms with Gasteiger partial charge in [-0.15, -0.1) is 0 Å². The highest BCUT2D eigenvalue weighted by Crippen LogP contribution is 2.22. The van der Waals surface area contributed by atoms with Gasteiger partial charge in [0, 0.05) is 25.6 Å². The summed E-state index contributed by atoms with van der Waals surface area (Å²) in [4.78, 5) is 14.4. The van der Waals surface area contributed by atoms with Gasteiger partial charge in [0.2, 0.25) is 5.91 Å². The molecule has 0 bridgehead atoms. The minimum atomic E-state index is -0.259. The maximum Gasteiger partial charge on any atom is 0.220 e. The van der Waals surface area contributed by atoms with Crippen molar-refractivity contribution in [1.29, 1.82) is 0 Å². The predicted molar refractivity (Wildman–Crippen MR) is 92.0 cm³/mol. The molecule has 2 aromatic rings. The summed E-state index contributed by atoms with van der Waals surface area (Å²) in [5.41, 5.74) is 1.88. The van der Waals surface area contributed by atoms with E-state index in [0.29, 0.717) is 18.9 Å². The van der Waals surface area contributed by atoms with Gasteiger partial charge in [0.1, 0.15) is 12.1 Å². The predicted octanol–water partition coefficient (Wildman–Crippen LogP) is 3.12. The van der Waals surface area contributed by atoms with Gasteiger partial charge in [0.15, 0.2) is 0 Å². The van der Waals surface area contributed by atoms with Crippen LogP contribution in [-0.2, 0) is 17.9 Å². The van der Waals surface area contributed by atoms with Crippen LogP contribution in [0.5, 0.6) is 0 Å². The summed E-state index contributed by atoms with van der Waals surface area (Å²) in [6.45, 7) is 3.36. The van der Waals surface area contributed by atoms with Crippen LogP contribution < -0.4 is 5.32 Å². The fourth-order valence-corrected chi connectivity index (χ4v) is 3.21. The number of amides is 1. The monoisotopic (exact) mass is 345 g/mol. The van der Waals surface area contributed by atoms with Crippen molar-refractivity contribution in [3.8, 4) is 0 Å². The van der Waals surface area contributed by atoms with E-state index in [1.54, 1.807) is 18.4 Å². The first kappa shape index (κ1) is 17.6. The Bertz CT molecular complexity index is 650. The van der Waals surface area contributed by atoms with E-state index in [4.69, 9.17) is 4.52 Å². The second-order valence-corrected chi connectivity index (χ2v) is 6.65.